The number of rotatable bonds is 4. The lowest BCUT2D eigenvalue weighted by atomic mass is 9.66. The first-order valence-electron chi connectivity index (χ1n) is 13.1. The molecule has 7 nitrogen and oxygen atoms in total. The summed E-state index contributed by atoms with van der Waals surface area (Å²) < 4.78 is 7.14. The van der Waals surface area contributed by atoms with E-state index in [4.69, 9.17) is 33.0 Å². The number of hydrogen-bond donors (Lipinski definition) is 2. The van der Waals surface area contributed by atoms with Gasteiger partial charge < -0.3 is 15.4 Å². The maximum absolute atomic E-state index is 14.5. The maximum Gasteiger partial charge on any atom is 0.245 e. The van der Waals surface area contributed by atoms with E-state index >= 15 is 0 Å². The Balaban J connectivity index is 1.64. The third-order valence-electron chi connectivity index (χ3n) is 7.71. The zero-order valence-corrected chi connectivity index (χ0v) is 23.7. The molecule has 0 fully saturated rings. The topological polar surface area (TPSA) is 92.0 Å². The van der Waals surface area contributed by atoms with E-state index in [9.17, 15) is 10.1 Å². The Bertz CT molecular complexity index is 1960. The van der Waals surface area contributed by atoms with Gasteiger partial charge in [0.2, 0.25) is 5.91 Å². The van der Waals surface area contributed by atoms with Crippen molar-refractivity contribution in [3.8, 4) is 28.8 Å². The number of ether oxygens (including phenoxy) is 1. The quantitative estimate of drug-likeness (QED) is 0.227. The Kier molecular flexibility index (Phi) is 6.05. The average molecular weight is 590 g/mol. The number of nitriles is 1. The number of benzene rings is 4. The molecule has 1 aromatic heterocycles. The number of para-hydroxylation sites is 1. The Hall–Kier alpha value is -5.03. The molecule has 2 aliphatic heterocycles. The highest BCUT2D eigenvalue weighted by Gasteiger charge is 2.58. The van der Waals surface area contributed by atoms with Gasteiger partial charge in [0.1, 0.15) is 17.0 Å². The molecule has 0 saturated heterocycles. The van der Waals surface area contributed by atoms with Crippen LogP contribution in [0.2, 0.25) is 10.0 Å². The Morgan fingerprint density at radius 1 is 0.881 bits per heavy atom. The molecule has 5 aromatic rings. The molecule has 42 heavy (non-hydrogen) atoms. The number of nitrogens with one attached hydrogen (secondary N) is 2. The van der Waals surface area contributed by atoms with Crippen LogP contribution in [0.25, 0.3) is 22.6 Å². The Labute approximate surface area is 251 Å². The number of fused-ring (bicyclic) bond motifs is 4. The van der Waals surface area contributed by atoms with Crippen LogP contribution < -0.4 is 15.4 Å². The van der Waals surface area contributed by atoms with Crippen LogP contribution in [0, 0.1) is 11.3 Å². The smallest absolute Gasteiger partial charge is 0.245 e. The number of nitrogens with zero attached hydrogens (tertiary/aromatic N) is 3. The van der Waals surface area contributed by atoms with Crippen LogP contribution in [-0.2, 0) is 10.2 Å². The van der Waals surface area contributed by atoms with E-state index in [-0.39, 0.29) is 11.5 Å². The first-order valence-corrected chi connectivity index (χ1v) is 13.8. The summed E-state index contributed by atoms with van der Waals surface area (Å²) in [4.78, 5) is 14.5. The molecule has 0 bridgehead atoms. The van der Waals surface area contributed by atoms with E-state index in [0.29, 0.717) is 55.4 Å². The van der Waals surface area contributed by atoms with Gasteiger partial charge in [0.25, 0.3) is 0 Å². The standard InChI is InChI=1S/C33H21Cl2N5O2/c1-42-24-14-9-19(10-15-24)29-26(18-36)33(25-17-22(35)13-16-27(25)37-32(33)41)28-30(20-7-11-21(34)12-8-20)39-40(31(28)38-29)23-5-3-2-4-6-23/h2-17,38H,1H3,(H,37,41). The molecule has 9 heteroatoms. The molecular formula is C33H21Cl2N5O2. The molecule has 1 atom stereocenters. The molecule has 1 spiro atoms. The summed E-state index contributed by atoms with van der Waals surface area (Å²) in [5, 5.41) is 23.5. The highest BCUT2D eigenvalue weighted by molar-refractivity contribution is 6.31. The summed E-state index contributed by atoms with van der Waals surface area (Å²) in [6.07, 6.45) is 0. The number of carbonyl (C=O) groups is 1. The lowest BCUT2D eigenvalue weighted by molar-refractivity contribution is -0.118. The van der Waals surface area contributed by atoms with Gasteiger partial charge in [-0.05, 0) is 72.3 Å². The number of anilines is 2. The lowest BCUT2D eigenvalue weighted by Gasteiger charge is -2.35. The number of aromatic nitrogens is 2. The number of carbonyl (C=O) groups excluding carboxylic acids is 1. The predicted octanol–water partition coefficient (Wildman–Crippen LogP) is 7.45. The van der Waals surface area contributed by atoms with Crippen LogP contribution in [-0.4, -0.2) is 22.8 Å². The number of amides is 1. The highest BCUT2D eigenvalue weighted by atomic mass is 35.5. The molecule has 2 aliphatic rings. The van der Waals surface area contributed by atoms with E-state index in [1.54, 1.807) is 42.1 Å². The van der Waals surface area contributed by atoms with Crippen LogP contribution >= 0.6 is 23.2 Å². The van der Waals surface area contributed by atoms with Gasteiger partial charge in [-0.1, -0.05) is 53.5 Å². The molecular weight excluding hydrogens is 569 g/mol. The first kappa shape index (κ1) is 25.9. The number of hydrogen-bond acceptors (Lipinski definition) is 5. The zero-order chi connectivity index (χ0) is 29.0. The van der Waals surface area contributed by atoms with Crippen molar-refractivity contribution >= 4 is 46.3 Å². The lowest BCUT2D eigenvalue weighted by Crippen LogP contribution is -2.41. The van der Waals surface area contributed by atoms with Gasteiger partial charge in [0.05, 0.1) is 35.8 Å². The molecule has 1 unspecified atom stereocenters. The van der Waals surface area contributed by atoms with Gasteiger partial charge in [0.15, 0.2) is 0 Å². The summed E-state index contributed by atoms with van der Waals surface area (Å²) in [5.74, 6) is 0.853. The average Bonchev–Trinajstić information content (AvgIpc) is 3.54. The third kappa shape index (κ3) is 3.73. The normalized spacial score (nSPS) is 16.9. The second kappa shape index (κ2) is 9.81. The fourth-order valence-corrected chi connectivity index (χ4v) is 6.13. The maximum atomic E-state index is 14.5. The highest BCUT2D eigenvalue weighted by Crippen LogP contribution is 2.57. The second-order valence-corrected chi connectivity index (χ2v) is 10.8. The fourth-order valence-electron chi connectivity index (χ4n) is 5.83. The van der Waals surface area contributed by atoms with Crippen LogP contribution in [0.1, 0.15) is 16.7 Å². The van der Waals surface area contributed by atoms with Crippen molar-refractivity contribution in [2.75, 3.05) is 17.7 Å². The number of halogens is 2. The van der Waals surface area contributed by atoms with Crippen LogP contribution in [0.15, 0.2) is 103 Å². The van der Waals surface area contributed by atoms with E-state index < -0.39 is 5.41 Å². The van der Waals surface area contributed by atoms with E-state index in [1.165, 1.54) is 0 Å². The zero-order valence-electron chi connectivity index (χ0n) is 22.2. The monoisotopic (exact) mass is 589 g/mol. The van der Waals surface area contributed by atoms with Crippen LogP contribution in [0.3, 0.4) is 0 Å². The first-order chi connectivity index (χ1) is 20.4. The van der Waals surface area contributed by atoms with Gasteiger partial charge in [0, 0.05) is 32.4 Å². The van der Waals surface area contributed by atoms with Crippen molar-refractivity contribution in [2.45, 2.75) is 5.41 Å². The van der Waals surface area contributed by atoms with Gasteiger partial charge in [-0.25, -0.2) is 4.68 Å². The molecule has 7 rings (SSSR count). The van der Waals surface area contributed by atoms with Crippen LogP contribution in [0.5, 0.6) is 5.75 Å². The molecule has 3 heterocycles. The SMILES string of the molecule is COc1ccc(C2=C(C#N)C3(C(=O)Nc4ccc(Cl)cc43)c3c(-c4ccc(Cl)cc4)nn(-c4ccccc4)c3N2)cc1. The Morgan fingerprint density at radius 3 is 2.26 bits per heavy atom. The number of methoxy groups -OCH3 is 1. The van der Waals surface area contributed by atoms with E-state index in [2.05, 4.69) is 16.7 Å². The third-order valence-corrected chi connectivity index (χ3v) is 8.20. The minimum absolute atomic E-state index is 0.224. The largest absolute Gasteiger partial charge is 0.497 e. The summed E-state index contributed by atoms with van der Waals surface area (Å²) in [7, 11) is 1.59. The Morgan fingerprint density at radius 2 is 1.57 bits per heavy atom. The van der Waals surface area contributed by atoms with Crippen molar-refractivity contribution in [1.82, 2.24) is 9.78 Å². The van der Waals surface area contributed by atoms with Crippen molar-refractivity contribution in [3.05, 3.63) is 129 Å². The van der Waals surface area contributed by atoms with Gasteiger partial charge in [-0.3, -0.25) is 4.79 Å². The molecule has 0 aliphatic carbocycles. The summed E-state index contributed by atoms with van der Waals surface area (Å²) in [5.41, 5.74) is 3.58. The van der Waals surface area contributed by atoms with Crippen molar-refractivity contribution in [2.24, 2.45) is 0 Å². The van der Waals surface area contributed by atoms with Crippen molar-refractivity contribution in [1.29, 1.82) is 5.26 Å². The minimum atomic E-state index is -1.56. The summed E-state index contributed by atoms with van der Waals surface area (Å²) in [6, 6.07) is 31.9. The van der Waals surface area contributed by atoms with E-state index in [1.807, 2.05) is 66.7 Å². The van der Waals surface area contributed by atoms with Crippen molar-refractivity contribution < 1.29 is 9.53 Å². The molecule has 4 aromatic carbocycles. The molecule has 1 amide bonds. The van der Waals surface area contributed by atoms with Gasteiger partial charge in [-0.15, -0.1) is 0 Å². The second-order valence-electron chi connectivity index (χ2n) is 9.94. The minimum Gasteiger partial charge on any atom is -0.497 e. The van der Waals surface area contributed by atoms with E-state index in [0.717, 1.165) is 11.3 Å². The summed E-state index contributed by atoms with van der Waals surface area (Å²) in [6.45, 7) is 0. The fraction of sp³-hybridized carbons (Fsp3) is 0.0606. The predicted molar refractivity (Wildman–Crippen MR) is 164 cm³/mol. The molecule has 0 radical (unpaired) electrons. The van der Waals surface area contributed by atoms with Crippen molar-refractivity contribution in [3.63, 3.8) is 0 Å². The molecule has 204 valence electrons. The summed E-state index contributed by atoms with van der Waals surface area (Å²) >= 11 is 12.8. The molecule has 2 N–H and O–H groups in total. The van der Waals surface area contributed by atoms with Crippen LogP contribution in [0.4, 0.5) is 11.5 Å². The van der Waals surface area contributed by atoms with Gasteiger partial charge in [-0.2, -0.15) is 10.4 Å². The molecule has 0 saturated carbocycles. The van der Waals surface area contributed by atoms with Gasteiger partial charge >= 0.3 is 0 Å².